The fourth-order valence-corrected chi connectivity index (χ4v) is 4.01. The van der Waals surface area contributed by atoms with Crippen LogP contribution in [0.4, 0.5) is 0 Å². The third-order valence-electron chi connectivity index (χ3n) is 4.06. The molecule has 0 N–H and O–H groups in total. The molecule has 2 nitrogen and oxygen atoms in total. The molecule has 2 fully saturated rings. The van der Waals surface area contributed by atoms with Crippen molar-refractivity contribution in [3.63, 3.8) is 0 Å². The second-order valence-electron chi connectivity index (χ2n) is 5.69. The van der Waals surface area contributed by atoms with Crippen molar-refractivity contribution in [2.24, 2.45) is 5.92 Å². The summed E-state index contributed by atoms with van der Waals surface area (Å²) in [5.74, 6) is 0.866. The summed E-state index contributed by atoms with van der Waals surface area (Å²) in [7, 11) is 0.557. The van der Waals surface area contributed by atoms with Crippen molar-refractivity contribution in [2.45, 2.75) is 63.5 Å². The van der Waals surface area contributed by atoms with E-state index in [1.54, 1.807) is 0 Å². The van der Waals surface area contributed by atoms with E-state index in [9.17, 15) is 0 Å². The lowest BCUT2D eigenvalue weighted by molar-refractivity contribution is 0.305. The zero-order valence-electron chi connectivity index (χ0n) is 10.3. The van der Waals surface area contributed by atoms with Crippen LogP contribution in [0.3, 0.4) is 0 Å². The predicted molar refractivity (Wildman–Crippen MR) is 64.5 cm³/mol. The van der Waals surface area contributed by atoms with Gasteiger partial charge in [-0.25, -0.2) is 0 Å². The smallest absolute Gasteiger partial charge is 0.186 e. The van der Waals surface area contributed by atoms with Crippen LogP contribution in [-0.4, -0.2) is 27.6 Å². The van der Waals surface area contributed by atoms with Crippen LogP contribution in [0, 0.1) is 5.92 Å². The molecule has 1 aliphatic carbocycles. The lowest BCUT2D eigenvalue weighted by Gasteiger charge is -2.22. The van der Waals surface area contributed by atoms with Crippen molar-refractivity contribution in [1.29, 1.82) is 0 Å². The third-order valence-corrected chi connectivity index (χ3v) is 6.72. The van der Waals surface area contributed by atoms with Crippen LogP contribution in [-0.2, 0) is 9.16 Å². The first-order valence-electron chi connectivity index (χ1n) is 6.33. The Balaban J connectivity index is 1.65. The molecule has 0 aromatic carbocycles. The Kier molecular flexibility index (Phi) is 3.53. The summed E-state index contributed by atoms with van der Waals surface area (Å²) in [6, 6.07) is 1.30. The van der Waals surface area contributed by atoms with Gasteiger partial charge in [0.1, 0.15) is 0 Å². The minimum Gasteiger partial charge on any atom is -0.420 e. The van der Waals surface area contributed by atoms with Crippen LogP contribution in [0.25, 0.3) is 0 Å². The Bertz CT molecular complexity index is 218. The highest BCUT2D eigenvalue weighted by molar-refractivity contribution is 6.71. The van der Waals surface area contributed by atoms with Crippen LogP contribution in [0.2, 0.25) is 19.1 Å². The van der Waals surface area contributed by atoms with E-state index >= 15 is 0 Å². The van der Waals surface area contributed by atoms with Crippen LogP contribution in [0.1, 0.15) is 32.1 Å². The van der Waals surface area contributed by atoms with Crippen LogP contribution in [0.5, 0.6) is 0 Å². The minimum absolute atomic E-state index is 0.645. The molecule has 1 saturated carbocycles. The summed E-state index contributed by atoms with van der Waals surface area (Å²) in [5.41, 5.74) is 0. The maximum Gasteiger partial charge on any atom is 0.186 e. The fourth-order valence-electron chi connectivity index (χ4n) is 2.75. The highest BCUT2D eigenvalue weighted by Crippen LogP contribution is 2.42. The third kappa shape index (κ3) is 3.05. The number of rotatable bonds is 5. The van der Waals surface area contributed by atoms with Crippen LogP contribution in [0.15, 0.2) is 0 Å². The maximum absolute atomic E-state index is 5.68. The molecule has 3 atom stereocenters. The molecule has 2 rings (SSSR count). The van der Waals surface area contributed by atoms with Gasteiger partial charge in [-0.15, -0.1) is 0 Å². The molecule has 0 aromatic rings. The first-order chi connectivity index (χ1) is 7.12. The molecule has 88 valence electrons. The Morgan fingerprint density at radius 3 is 2.87 bits per heavy atom. The average Bonchev–Trinajstić information content (AvgIpc) is 2.97. The first kappa shape index (κ1) is 11.6. The Morgan fingerprint density at radius 2 is 2.13 bits per heavy atom. The van der Waals surface area contributed by atoms with E-state index in [4.69, 9.17) is 9.16 Å². The van der Waals surface area contributed by atoms with Crippen molar-refractivity contribution >= 4 is 8.32 Å². The second-order valence-corrected chi connectivity index (χ2v) is 10.1. The van der Waals surface area contributed by atoms with E-state index in [-0.39, 0.29) is 0 Å². The van der Waals surface area contributed by atoms with Crippen molar-refractivity contribution in [2.75, 3.05) is 7.11 Å². The van der Waals surface area contributed by atoms with E-state index in [0.717, 1.165) is 5.92 Å². The van der Waals surface area contributed by atoms with Gasteiger partial charge in [0.15, 0.2) is 8.32 Å². The van der Waals surface area contributed by atoms with Gasteiger partial charge in [0, 0.05) is 7.11 Å². The molecule has 1 saturated heterocycles. The SMILES string of the molecule is CO[Si](C)(C)CCCC1CCCC2OC12. The molecule has 0 spiro atoms. The number of epoxide rings is 1. The molecular weight excluding hydrogens is 204 g/mol. The summed E-state index contributed by atoms with van der Waals surface area (Å²) in [6.07, 6.45) is 8.10. The monoisotopic (exact) mass is 228 g/mol. The van der Waals surface area contributed by atoms with Gasteiger partial charge in [-0.2, -0.15) is 0 Å². The lowest BCUT2D eigenvalue weighted by Crippen LogP contribution is -2.28. The van der Waals surface area contributed by atoms with E-state index in [1.807, 2.05) is 7.11 Å². The van der Waals surface area contributed by atoms with E-state index < -0.39 is 8.32 Å². The number of ether oxygens (including phenoxy) is 1. The lowest BCUT2D eigenvalue weighted by atomic mass is 9.86. The first-order valence-corrected chi connectivity index (χ1v) is 9.44. The minimum atomic E-state index is -1.31. The average molecular weight is 228 g/mol. The van der Waals surface area contributed by atoms with E-state index in [1.165, 1.54) is 38.1 Å². The van der Waals surface area contributed by atoms with Gasteiger partial charge in [0.05, 0.1) is 12.2 Å². The Labute approximate surface area is 94.5 Å². The van der Waals surface area contributed by atoms with Crippen molar-refractivity contribution < 1.29 is 9.16 Å². The van der Waals surface area contributed by atoms with Gasteiger partial charge >= 0.3 is 0 Å². The zero-order chi connectivity index (χ0) is 10.9. The summed E-state index contributed by atoms with van der Waals surface area (Å²) < 4.78 is 11.3. The Morgan fingerprint density at radius 1 is 1.33 bits per heavy atom. The van der Waals surface area contributed by atoms with E-state index in [2.05, 4.69) is 13.1 Å². The van der Waals surface area contributed by atoms with Crippen molar-refractivity contribution in [1.82, 2.24) is 0 Å². The summed E-state index contributed by atoms with van der Waals surface area (Å²) in [5, 5.41) is 0. The number of hydrogen-bond acceptors (Lipinski definition) is 2. The van der Waals surface area contributed by atoms with Crippen LogP contribution >= 0.6 is 0 Å². The molecular formula is C12H24O2Si. The molecule has 0 aromatic heterocycles. The molecule has 3 unspecified atom stereocenters. The zero-order valence-corrected chi connectivity index (χ0v) is 11.3. The quantitative estimate of drug-likeness (QED) is 0.532. The standard InChI is InChI=1S/C12H24O2Si/c1-13-15(2,3)9-5-7-10-6-4-8-11-12(10)14-11/h10-12H,4-9H2,1-3H3. The number of fused-ring (bicyclic) bond motifs is 1. The highest BCUT2D eigenvalue weighted by Gasteiger charge is 2.46. The second kappa shape index (κ2) is 4.56. The molecule has 1 aliphatic heterocycles. The predicted octanol–water partition coefficient (Wildman–Crippen LogP) is 3.19. The topological polar surface area (TPSA) is 21.8 Å². The van der Waals surface area contributed by atoms with Crippen LogP contribution < -0.4 is 0 Å². The molecule has 0 radical (unpaired) electrons. The Hall–Kier alpha value is 0.137. The van der Waals surface area contributed by atoms with Gasteiger partial charge in [-0.1, -0.05) is 12.8 Å². The number of hydrogen-bond donors (Lipinski definition) is 0. The van der Waals surface area contributed by atoms with E-state index in [0.29, 0.717) is 12.2 Å². The van der Waals surface area contributed by atoms with Crippen molar-refractivity contribution in [3.8, 4) is 0 Å². The van der Waals surface area contributed by atoms with Gasteiger partial charge in [0.2, 0.25) is 0 Å². The largest absolute Gasteiger partial charge is 0.420 e. The summed E-state index contributed by atoms with van der Waals surface area (Å²) >= 11 is 0. The van der Waals surface area contributed by atoms with Crippen molar-refractivity contribution in [3.05, 3.63) is 0 Å². The molecule has 0 bridgehead atoms. The van der Waals surface area contributed by atoms with Gasteiger partial charge in [-0.3, -0.25) is 0 Å². The normalized spacial score (nSPS) is 35.0. The van der Waals surface area contributed by atoms with Gasteiger partial charge in [-0.05, 0) is 44.3 Å². The summed E-state index contributed by atoms with van der Waals surface area (Å²) in [4.78, 5) is 0. The molecule has 15 heavy (non-hydrogen) atoms. The molecule has 1 heterocycles. The summed E-state index contributed by atoms with van der Waals surface area (Å²) in [6.45, 7) is 4.62. The van der Waals surface area contributed by atoms with Gasteiger partial charge in [0.25, 0.3) is 0 Å². The molecule has 3 heteroatoms. The van der Waals surface area contributed by atoms with Gasteiger partial charge < -0.3 is 9.16 Å². The maximum atomic E-state index is 5.68. The molecule has 2 aliphatic rings. The highest BCUT2D eigenvalue weighted by atomic mass is 28.4. The fraction of sp³-hybridized carbons (Fsp3) is 1.00. The molecule has 0 amide bonds.